The minimum absolute atomic E-state index is 0.342. The van der Waals surface area contributed by atoms with Crippen molar-refractivity contribution in [1.82, 2.24) is 0 Å². The first-order valence-electron chi connectivity index (χ1n) is 3.77. The Labute approximate surface area is 79.7 Å². The molecular formula is C9H6ClNO2. The zero-order chi connectivity index (χ0) is 9.42. The number of Topliss-reactive ketones (excluding diaryl/α,β-unsaturated/α-hetero) is 1. The molecule has 0 saturated carbocycles. The van der Waals surface area contributed by atoms with Crippen molar-refractivity contribution in [3.63, 3.8) is 0 Å². The topological polar surface area (TPSA) is 46.2 Å². The molecule has 0 aromatic heterocycles. The summed E-state index contributed by atoms with van der Waals surface area (Å²) in [6.45, 7) is 0. The van der Waals surface area contributed by atoms with Gasteiger partial charge in [0, 0.05) is 5.88 Å². The van der Waals surface area contributed by atoms with Gasteiger partial charge in [0.1, 0.15) is 0 Å². The number of anilines is 1. The van der Waals surface area contributed by atoms with E-state index in [-0.39, 0.29) is 0 Å². The minimum atomic E-state index is -0.568. The second-order valence-electron chi connectivity index (χ2n) is 2.80. The molecular weight excluding hydrogens is 190 g/mol. The molecule has 1 aliphatic rings. The molecule has 1 aromatic carbocycles. The van der Waals surface area contributed by atoms with E-state index in [9.17, 15) is 9.59 Å². The summed E-state index contributed by atoms with van der Waals surface area (Å²) < 4.78 is 0. The lowest BCUT2D eigenvalue weighted by atomic mass is 10.1. The van der Waals surface area contributed by atoms with Crippen molar-refractivity contribution in [3.8, 4) is 0 Å². The van der Waals surface area contributed by atoms with Crippen molar-refractivity contribution >= 4 is 29.0 Å². The summed E-state index contributed by atoms with van der Waals surface area (Å²) in [7, 11) is 0. The van der Waals surface area contributed by atoms with E-state index in [0.29, 0.717) is 17.1 Å². The number of hydrogen-bond acceptors (Lipinski definition) is 2. The van der Waals surface area contributed by atoms with Gasteiger partial charge in [-0.25, -0.2) is 0 Å². The number of carbonyl (C=O) groups excluding carboxylic acids is 2. The Balaban J connectivity index is 2.54. The van der Waals surface area contributed by atoms with Crippen LogP contribution in [-0.4, -0.2) is 11.7 Å². The Kier molecular flexibility index (Phi) is 1.81. The summed E-state index contributed by atoms with van der Waals surface area (Å²) in [6, 6.07) is 5.11. The molecule has 13 heavy (non-hydrogen) atoms. The van der Waals surface area contributed by atoms with Crippen molar-refractivity contribution in [2.45, 2.75) is 5.88 Å². The third kappa shape index (κ3) is 1.21. The Bertz CT molecular complexity index is 401. The molecule has 1 amide bonds. The first-order valence-corrected chi connectivity index (χ1v) is 4.30. The van der Waals surface area contributed by atoms with Gasteiger partial charge in [0.2, 0.25) is 0 Å². The van der Waals surface area contributed by atoms with E-state index in [1.807, 2.05) is 0 Å². The fourth-order valence-electron chi connectivity index (χ4n) is 1.27. The summed E-state index contributed by atoms with van der Waals surface area (Å²) in [6.07, 6.45) is 0. The maximum absolute atomic E-state index is 11.2. The number of carbonyl (C=O) groups is 2. The third-order valence-electron chi connectivity index (χ3n) is 1.94. The SMILES string of the molecule is O=C1Nc2ccc(CCl)cc2C1=O. The van der Waals surface area contributed by atoms with Crippen LogP contribution in [0.1, 0.15) is 15.9 Å². The molecule has 0 saturated heterocycles. The molecule has 1 heterocycles. The highest BCUT2D eigenvalue weighted by atomic mass is 35.5. The number of amides is 1. The maximum Gasteiger partial charge on any atom is 0.296 e. The van der Waals surface area contributed by atoms with Gasteiger partial charge in [-0.1, -0.05) is 6.07 Å². The Morgan fingerprint density at radius 1 is 1.31 bits per heavy atom. The van der Waals surface area contributed by atoms with Crippen LogP contribution in [-0.2, 0) is 10.7 Å². The van der Waals surface area contributed by atoms with Crippen LogP contribution < -0.4 is 5.32 Å². The second-order valence-corrected chi connectivity index (χ2v) is 3.06. The van der Waals surface area contributed by atoms with Crippen LogP contribution in [0.15, 0.2) is 18.2 Å². The number of hydrogen-bond donors (Lipinski definition) is 1. The van der Waals surface area contributed by atoms with E-state index < -0.39 is 11.7 Å². The van der Waals surface area contributed by atoms with Crippen LogP contribution in [0.25, 0.3) is 0 Å². The van der Waals surface area contributed by atoms with Gasteiger partial charge in [-0.3, -0.25) is 9.59 Å². The summed E-state index contributed by atoms with van der Waals surface area (Å²) in [5, 5.41) is 2.47. The molecule has 0 fully saturated rings. The summed E-state index contributed by atoms with van der Waals surface area (Å²) in [5.41, 5.74) is 1.83. The van der Waals surface area contributed by atoms with E-state index in [1.54, 1.807) is 18.2 Å². The number of nitrogens with one attached hydrogen (secondary N) is 1. The van der Waals surface area contributed by atoms with Gasteiger partial charge < -0.3 is 5.32 Å². The van der Waals surface area contributed by atoms with Gasteiger partial charge in [-0.15, -0.1) is 11.6 Å². The number of rotatable bonds is 1. The first kappa shape index (κ1) is 8.26. The van der Waals surface area contributed by atoms with Crippen molar-refractivity contribution in [1.29, 1.82) is 0 Å². The van der Waals surface area contributed by atoms with E-state index in [1.165, 1.54) is 0 Å². The van der Waals surface area contributed by atoms with Gasteiger partial charge in [0.15, 0.2) is 0 Å². The lowest BCUT2D eigenvalue weighted by molar-refractivity contribution is -0.112. The Morgan fingerprint density at radius 2 is 2.08 bits per heavy atom. The standard InChI is InChI=1S/C9H6ClNO2/c10-4-5-1-2-7-6(3-5)8(12)9(13)11-7/h1-3H,4H2,(H,11,12,13). The molecule has 66 valence electrons. The van der Waals surface area contributed by atoms with Gasteiger partial charge in [0.25, 0.3) is 11.7 Å². The summed E-state index contributed by atoms with van der Waals surface area (Å²) in [4.78, 5) is 22.1. The lowest BCUT2D eigenvalue weighted by Crippen LogP contribution is -2.12. The van der Waals surface area contributed by atoms with Crippen LogP contribution in [0, 0.1) is 0 Å². The molecule has 0 spiro atoms. The molecule has 0 aliphatic carbocycles. The van der Waals surface area contributed by atoms with Crippen molar-refractivity contribution in [2.24, 2.45) is 0 Å². The number of benzene rings is 1. The van der Waals surface area contributed by atoms with Crippen LogP contribution in [0.5, 0.6) is 0 Å². The highest BCUT2D eigenvalue weighted by molar-refractivity contribution is 6.51. The van der Waals surface area contributed by atoms with Crippen LogP contribution in [0.3, 0.4) is 0 Å². The number of halogens is 1. The minimum Gasteiger partial charge on any atom is -0.318 e. The smallest absolute Gasteiger partial charge is 0.296 e. The van der Waals surface area contributed by atoms with Crippen molar-refractivity contribution in [3.05, 3.63) is 29.3 Å². The fourth-order valence-corrected chi connectivity index (χ4v) is 1.44. The summed E-state index contributed by atoms with van der Waals surface area (Å²) in [5.74, 6) is -0.710. The first-order chi connectivity index (χ1) is 6.22. The average Bonchev–Trinajstić information content (AvgIpc) is 2.43. The Hall–Kier alpha value is -1.35. The predicted octanol–water partition coefficient (Wildman–Crippen LogP) is 1.56. The van der Waals surface area contributed by atoms with Crippen LogP contribution >= 0.6 is 11.6 Å². The highest BCUT2D eigenvalue weighted by Gasteiger charge is 2.27. The molecule has 2 rings (SSSR count). The van der Waals surface area contributed by atoms with E-state index >= 15 is 0 Å². The van der Waals surface area contributed by atoms with Crippen LogP contribution in [0.2, 0.25) is 0 Å². The number of alkyl halides is 1. The highest BCUT2D eigenvalue weighted by Crippen LogP contribution is 2.24. The van der Waals surface area contributed by atoms with E-state index in [4.69, 9.17) is 11.6 Å². The fraction of sp³-hybridized carbons (Fsp3) is 0.111. The monoisotopic (exact) mass is 195 g/mol. The zero-order valence-corrected chi connectivity index (χ0v) is 7.39. The summed E-state index contributed by atoms with van der Waals surface area (Å²) >= 11 is 5.60. The average molecular weight is 196 g/mol. The molecule has 0 bridgehead atoms. The van der Waals surface area contributed by atoms with E-state index in [0.717, 1.165) is 5.56 Å². The largest absolute Gasteiger partial charge is 0.318 e. The van der Waals surface area contributed by atoms with Gasteiger partial charge in [0.05, 0.1) is 11.3 Å². The zero-order valence-electron chi connectivity index (χ0n) is 6.63. The lowest BCUT2D eigenvalue weighted by Gasteiger charge is -1.98. The maximum atomic E-state index is 11.2. The molecule has 1 aliphatic heterocycles. The normalized spacial score (nSPS) is 14.2. The molecule has 4 heteroatoms. The van der Waals surface area contributed by atoms with Crippen molar-refractivity contribution in [2.75, 3.05) is 5.32 Å². The van der Waals surface area contributed by atoms with Crippen molar-refractivity contribution < 1.29 is 9.59 Å². The molecule has 0 atom stereocenters. The number of ketones is 1. The molecule has 1 aromatic rings. The van der Waals surface area contributed by atoms with Crippen LogP contribution in [0.4, 0.5) is 5.69 Å². The third-order valence-corrected chi connectivity index (χ3v) is 2.25. The predicted molar refractivity (Wildman–Crippen MR) is 49.0 cm³/mol. The second kappa shape index (κ2) is 2.85. The van der Waals surface area contributed by atoms with E-state index in [2.05, 4.69) is 5.32 Å². The number of fused-ring (bicyclic) bond motifs is 1. The van der Waals surface area contributed by atoms with Gasteiger partial charge >= 0.3 is 0 Å². The molecule has 0 radical (unpaired) electrons. The molecule has 3 nitrogen and oxygen atoms in total. The quantitative estimate of drug-likeness (QED) is 0.546. The van der Waals surface area contributed by atoms with Gasteiger partial charge in [-0.2, -0.15) is 0 Å². The molecule has 0 unspecified atom stereocenters. The van der Waals surface area contributed by atoms with Gasteiger partial charge in [-0.05, 0) is 17.7 Å². The Morgan fingerprint density at radius 3 is 2.77 bits per heavy atom. The molecule has 1 N–H and O–H groups in total.